The second-order valence-corrected chi connectivity index (χ2v) is 10.0. The summed E-state index contributed by atoms with van der Waals surface area (Å²) in [5, 5.41) is 3.11. The Labute approximate surface area is 180 Å². The quantitative estimate of drug-likeness (QED) is 0.771. The number of likely N-dealkylation sites (tertiary alicyclic amines) is 1. The topological polar surface area (TPSA) is 61.9 Å². The van der Waals surface area contributed by atoms with Crippen molar-refractivity contribution in [2.75, 3.05) is 45.9 Å². The van der Waals surface area contributed by atoms with Gasteiger partial charge in [-0.2, -0.15) is 0 Å². The van der Waals surface area contributed by atoms with Crippen LogP contribution in [0.2, 0.25) is 5.02 Å². The molecule has 2 aliphatic carbocycles. The molecule has 0 bridgehead atoms. The van der Waals surface area contributed by atoms with Crippen molar-refractivity contribution in [2.24, 2.45) is 11.3 Å². The van der Waals surface area contributed by atoms with Crippen molar-refractivity contribution in [3.05, 3.63) is 34.6 Å². The van der Waals surface area contributed by atoms with Gasteiger partial charge in [0.2, 0.25) is 5.91 Å². The molecule has 0 unspecified atom stereocenters. The molecule has 2 aliphatic heterocycles. The SMILES string of the molecule is O=C(NCC1CC2(C1)CN(CC(=O)N1CCOCC13CC3)C2)c1cc(F)cc(Cl)c1. The number of benzene rings is 1. The fraction of sp³-hybridized carbons (Fsp3) is 0.636. The van der Waals surface area contributed by atoms with Gasteiger partial charge in [0.15, 0.2) is 0 Å². The molecule has 2 amide bonds. The van der Waals surface area contributed by atoms with Gasteiger partial charge in [0, 0.05) is 36.8 Å². The molecule has 2 heterocycles. The largest absolute Gasteiger partial charge is 0.377 e. The molecular weight excluding hydrogens is 409 g/mol. The van der Waals surface area contributed by atoms with E-state index < -0.39 is 5.82 Å². The summed E-state index contributed by atoms with van der Waals surface area (Å²) < 4.78 is 19.0. The number of hydrogen-bond acceptors (Lipinski definition) is 4. The molecule has 0 radical (unpaired) electrons. The van der Waals surface area contributed by atoms with Crippen molar-refractivity contribution in [2.45, 2.75) is 31.2 Å². The lowest BCUT2D eigenvalue weighted by Crippen LogP contribution is -2.65. The summed E-state index contributed by atoms with van der Waals surface area (Å²) in [7, 11) is 0. The Bertz CT molecular complexity index is 841. The molecule has 0 atom stereocenters. The lowest BCUT2D eigenvalue weighted by atomic mass is 9.57. The summed E-state index contributed by atoms with van der Waals surface area (Å²) >= 11 is 5.82. The van der Waals surface area contributed by atoms with Crippen LogP contribution < -0.4 is 5.32 Å². The van der Waals surface area contributed by atoms with Crippen LogP contribution in [0.25, 0.3) is 0 Å². The maximum absolute atomic E-state index is 13.4. The van der Waals surface area contributed by atoms with E-state index in [2.05, 4.69) is 15.1 Å². The number of morpholine rings is 1. The molecule has 1 N–H and O–H groups in total. The minimum Gasteiger partial charge on any atom is -0.377 e. The van der Waals surface area contributed by atoms with E-state index in [1.807, 2.05) is 0 Å². The molecule has 4 fully saturated rings. The number of hydrogen-bond donors (Lipinski definition) is 1. The Kier molecular flexibility index (Phi) is 5.03. The molecule has 1 aromatic rings. The van der Waals surface area contributed by atoms with Gasteiger partial charge in [0.25, 0.3) is 5.91 Å². The minimum atomic E-state index is -0.510. The molecule has 8 heteroatoms. The van der Waals surface area contributed by atoms with E-state index in [9.17, 15) is 14.0 Å². The molecule has 0 aromatic heterocycles. The van der Waals surface area contributed by atoms with Crippen molar-refractivity contribution >= 4 is 23.4 Å². The highest BCUT2D eigenvalue weighted by Crippen LogP contribution is 2.51. The molecule has 4 aliphatic rings. The number of rotatable bonds is 5. The lowest BCUT2D eigenvalue weighted by molar-refractivity contribution is -0.150. The molecule has 6 nitrogen and oxygen atoms in total. The van der Waals surface area contributed by atoms with Crippen LogP contribution in [0.15, 0.2) is 18.2 Å². The highest BCUT2D eigenvalue weighted by molar-refractivity contribution is 6.31. The van der Waals surface area contributed by atoms with Crippen molar-refractivity contribution < 1.29 is 18.7 Å². The highest BCUT2D eigenvalue weighted by atomic mass is 35.5. The van der Waals surface area contributed by atoms with E-state index >= 15 is 0 Å². The van der Waals surface area contributed by atoms with Crippen LogP contribution in [0.1, 0.15) is 36.0 Å². The first-order valence-corrected chi connectivity index (χ1v) is 11.1. The molecule has 162 valence electrons. The highest BCUT2D eigenvalue weighted by Gasteiger charge is 2.55. The van der Waals surface area contributed by atoms with E-state index in [4.69, 9.17) is 16.3 Å². The minimum absolute atomic E-state index is 0.00353. The fourth-order valence-electron chi connectivity index (χ4n) is 5.56. The third-order valence-electron chi connectivity index (χ3n) is 7.13. The third kappa shape index (κ3) is 3.83. The average Bonchev–Trinajstić information content (AvgIpc) is 3.40. The van der Waals surface area contributed by atoms with Gasteiger partial charge in [0.05, 0.1) is 25.3 Å². The first-order chi connectivity index (χ1) is 14.4. The number of nitrogens with one attached hydrogen (secondary N) is 1. The van der Waals surface area contributed by atoms with Gasteiger partial charge in [-0.3, -0.25) is 14.5 Å². The van der Waals surface area contributed by atoms with E-state index in [0.29, 0.717) is 37.6 Å². The van der Waals surface area contributed by atoms with E-state index in [1.54, 1.807) is 0 Å². The normalized spacial score (nSPS) is 24.4. The zero-order valence-corrected chi connectivity index (χ0v) is 17.7. The number of halogens is 2. The Hall–Kier alpha value is -1.70. The number of amides is 2. The van der Waals surface area contributed by atoms with E-state index in [1.165, 1.54) is 18.2 Å². The van der Waals surface area contributed by atoms with Gasteiger partial charge in [-0.05, 0) is 55.2 Å². The van der Waals surface area contributed by atoms with Gasteiger partial charge >= 0.3 is 0 Å². The van der Waals surface area contributed by atoms with Gasteiger partial charge < -0.3 is 15.0 Å². The first-order valence-electron chi connectivity index (χ1n) is 10.7. The van der Waals surface area contributed by atoms with Crippen LogP contribution in [-0.2, 0) is 9.53 Å². The number of carbonyl (C=O) groups is 2. The smallest absolute Gasteiger partial charge is 0.251 e. The Morgan fingerprint density at radius 2 is 2.00 bits per heavy atom. The average molecular weight is 436 g/mol. The summed E-state index contributed by atoms with van der Waals surface area (Å²) in [6.45, 7) is 5.07. The summed E-state index contributed by atoms with van der Waals surface area (Å²) in [6.07, 6.45) is 4.25. The molecule has 30 heavy (non-hydrogen) atoms. The van der Waals surface area contributed by atoms with Gasteiger partial charge in [0.1, 0.15) is 5.82 Å². The maximum Gasteiger partial charge on any atom is 0.251 e. The zero-order valence-electron chi connectivity index (χ0n) is 17.0. The summed E-state index contributed by atoms with van der Waals surface area (Å²) in [4.78, 5) is 29.3. The Morgan fingerprint density at radius 1 is 1.23 bits per heavy atom. The number of carbonyl (C=O) groups excluding carboxylic acids is 2. The van der Waals surface area contributed by atoms with Gasteiger partial charge in [-0.25, -0.2) is 4.39 Å². The summed E-state index contributed by atoms with van der Waals surface area (Å²) in [6, 6.07) is 3.86. The van der Waals surface area contributed by atoms with Crippen molar-refractivity contribution in [3.8, 4) is 0 Å². The molecule has 2 saturated heterocycles. The summed E-state index contributed by atoms with van der Waals surface area (Å²) in [5.74, 6) is -0.130. The molecule has 2 spiro atoms. The van der Waals surface area contributed by atoms with Crippen LogP contribution in [0.5, 0.6) is 0 Å². The van der Waals surface area contributed by atoms with E-state index in [-0.39, 0.29) is 27.9 Å². The third-order valence-corrected chi connectivity index (χ3v) is 7.35. The van der Waals surface area contributed by atoms with Crippen LogP contribution in [0.4, 0.5) is 4.39 Å². The Morgan fingerprint density at radius 3 is 2.70 bits per heavy atom. The zero-order chi connectivity index (χ0) is 20.9. The second kappa shape index (κ2) is 7.46. The van der Waals surface area contributed by atoms with Crippen molar-refractivity contribution in [1.82, 2.24) is 15.1 Å². The fourth-order valence-corrected chi connectivity index (χ4v) is 5.78. The van der Waals surface area contributed by atoms with Crippen molar-refractivity contribution in [3.63, 3.8) is 0 Å². The monoisotopic (exact) mass is 435 g/mol. The molecular formula is C22H27ClFN3O3. The number of ether oxygens (including phenoxy) is 1. The Balaban J connectivity index is 1.04. The van der Waals surface area contributed by atoms with Crippen LogP contribution >= 0.6 is 11.6 Å². The maximum atomic E-state index is 13.4. The van der Waals surface area contributed by atoms with Crippen molar-refractivity contribution in [1.29, 1.82) is 0 Å². The van der Waals surface area contributed by atoms with Crippen LogP contribution in [0.3, 0.4) is 0 Å². The van der Waals surface area contributed by atoms with Gasteiger partial charge in [-0.15, -0.1) is 0 Å². The molecule has 5 rings (SSSR count). The van der Waals surface area contributed by atoms with E-state index in [0.717, 1.165) is 45.3 Å². The lowest BCUT2D eigenvalue weighted by Gasteiger charge is -2.59. The van der Waals surface area contributed by atoms with Gasteiger partial charge in [-0.1, -0.05) is 11.6 Å². The number of nitrogens with zero attached hydrogens (tertiary/aromatic N) is 2. The predicted molar refractivity (Wildman–Crippen MR) is 110 cm³/mol. The van der Waals surface area contributed by atoms with Crippen LogP contribution in [0, 0.1) is 17.2 Å². The molecule has 2 saturated carbocycles. The standard InChI is InChI=1S/C22H27ClFN3O3/c23-17-5-16(6-18(24)7-17)20(29)25-10-15-8-21(9-15)12-26(13-21)11-19(28)27-3-4-30-14-22(27)1-2-22/h5-7,15H,1-4,8-14H2,(H,25,29). The van der Waals surface area contributed by atoms with Crippen LogP contribution in [-0.4, -0.2) is 73.1 Å². The second-order valence-electron chi connectivity index (χ2n) is 9.61. The first kappa shape index (κ1) is 20.2. The molecule has 1 aromatic carbocycles. The predicted octanol–water partition coefficient (Wildman–Crippen LogP) is 2.31. The summed E-state index contributed by atoms with van der Waals surface area (Å²) in [5.41, 5.74) is 0.558.